The van der Waals surface area contributed by atoms with Crippen LogP contribution in [0, 0.1) is 5.41 Å². The molecule has 0 aromatic carbocycles. The van der Waals surface area contributed by atoms with E-state index in [0.29, 0.717) is 17.6 Å². The molecule has 2 aliphatic rings. The van der Waals surface area contributed by atoms with Crippen molar-refractivity contribution in [3.63, 3.8) is 0 Å². The van der Waals surface area contributed by atoms with E-state index in [4.69, 9.17) is 10.5 Å². The Morgan fingerprint density at radius 2 is 2.00 bits per heavy atom. The molecule has 2 N–H and O–H groups in total. The highest BCUT2D eigenvalue weighted by molar-refractivity contribution is 4.90. The summed E-state index contributed by atoms with van der Waals surface area (Å²) in [5.74, 6) is 0. The van der Waals surface area contributed by atoms with E-state index in [1.807, 2.05) is 0 Å². The van der Waals surface area contributed by atoms with Crippen molar-refractivity contribution in [2.45, 2.75) is 57.6 Å². The van der Waals surface area contributed by atoms with E-state index in [1.54, 1.807) is 0 Å². The van der Waals surface area contributed by atoms with Crippen LogP contribution in [0.1, 0.15) is 45.4 Å². The van der Waals surface area contributed by atoms with E-state index in [-0.39, 0.29) is 0 Å². The molecule has 0 amide bonds. The zero-order valence-corrected chi connectivity index (χ0v) is 11.5. The first-order valence-electron chi connectivity index (χ1n) is 7.19. The summed E-state index contributed by atoms with van der Waals surface area (Å²) in [7, 11) is 2.25. The Balaban J connectivity index is 1.93. The van der Waals surface area contributed by atoms with Gasteiger partial charge in [0.15, 0.2) is 0 Å². The van der Waals surface area contributed by atoms with Crippen molar-refractivity contribution in [3.05, 3.63) is 0 Å². The molecule has 1 saturated carbocycles. The number of likely N-dealkylation sites (N-methyl/N-ethyl adjacent to an activating group) is 1. The Morgan fingerprint density at radius 3 is 2.53 bits per heavy atom. The Hall–Kier alpha value is -0.120. The molecule has 0 radical (unpaired) electrons. The summed E-state index contributed by atoms with van der Waals surface area (Å²) in [5.41, 5.74) is 6.45. The molecule has 0 bridgehead atoms. The second kappa shape index (κ2) is 5.68. The highest BCUT2D eigenvalue weighted by Crippen LogP contribution is 2.37. The number of hydrogen-bond donors (Lipinski definition) is 1. The zero-order valence-electron chi connectivity index (χ0n) is 11.5. The van der Waals surface area contributed by atoms with Crippen LogP contribution in [0.2, 0.25) is 0 Å². The molecule has 1 aliphatic heterocycles. The van der Waals surface area contributed by atoms with E-state index >= 15 is 0 Å². The lowest BCUT2D eigenvalue weighted by molar-refractivity contribution is 0.0534. The maximum Gasteiger partial charge on any atom is 0.0702 e. The number of rotatable bonds is 4. The van der Waals surface area contributed by atoms with Crippen LogP contribution in [0.3, 0.4) is 0 Å². The lowest BCUT2D eigenvalue weighted by atomic mass is 9.73. The standard InChI is InChI=1S/C14H28N2O/c1-12-13(6-9-17-12)16(2)11-14(10-15)7-4-3-5-8-14/h12-13H,3-11,15H2,1-2H3. The maximum atomic E-state index is 6.06. The van der Waals surface area contributed by atoms with Gasteiger partial charge in [-0.1, -0.05) is 19.3 Å². The number of nitrogens with zero attached hydrogens (tertiary/aromatic N) is 1. The summed E-state index contributed by atoms with van der Waals surface area (Å²) in [6.45, 7) is 5.12. The monoisotopic (exact) mass is 240 g/mol. The third-order valence-corrected chi connectivity index (χ3v) is 4.83. The Labute approximate surface area is 106 Å². The van der Waals surface area contributed by atoms with Gasteiger partial charge in [0.05, 0.1) is 6.10 Å². The maximum absolute atomic E-state index is 6.06. The van der Waals surface area contributed by atoms with Gasteiger partial charge in [0.1, 0.15) is 0 Å². The quantitative estimate of drug-likeness (QED) is 0.817. The van der Waals surface area contributed by atoms with Crippen LogP contribution in [0.5, 0.6) is 0 Å². The molecule has 2 unspecified atom stereocenters. The fraction of sp³-hybridized carbons (Fsp3) is 1.00. The zero-order chi connectivity index (χ0) is 12.3. The first-order valence-corrected chi connectivity index (χ1v) is 7.19. The van der Waals surface area contributed by atoms with Gasteiger partial charge in [0, 0.05) is 19.2 Å². The molecule has 0 spiro atoms. The van der Waals surface area contributed by atoms with Crippen molar-refractivity contribution >= 4 is 0 Å². The summed E-state index contributed by atoms with van der Waals surface area (Å²) in [4.78, 5) is 2.51. The summed E-state index contributed by atoms with van der Waals surface area (Å²) in [6, 6.07) is 0.598. The fourth-order valence-corrected chi connectivity index (χ4v) is 3.67. The lowest BCUT2D eigenvalue weighted by Crippen LogP contribution is -2.47. The van der Waals surface area contributed by atoms with Crippen LogP contribution in [0.15, 0.2) is 0 Å². The normalized spacial score (nSPS) is 33.2. The molecule has 100 valence electrons. The molecule has 1 heterocycles. The molecule has 0 aromatic heterocycles. The van der Waals surface area contributed by atoms with E-state index in [9.17, 15) is 0 Å². The molecule has 1 aliphatic carbocycles. The van der Waals surface area contributed by atoms with Crippen molar-refractivity contribution in [2.75, 3.05) is 26.7 Å². The number of hydrogen-bond acceptors (Lipinski definition) is 3. The average Bonchev–Trinajstić information content (AvgIpc) is 2.77. The predicted molar refractivity (Wildman–Crippen MR) is 71.0 cm³/mol. The van der Waals surface area contributed by atoms with Crippen LogP contribution in [0.25, 0.3) is 0 Å². The van der Waals surface area contributed by atoms with Crippen molar-refractivity contribution in [3.8, 4) is 0 Å². The Kier molecular flexibility index (Phi) is 4.45. The lowest BCUT2D eigenvalue weighted by Gasteiger charge is -2.41. The van der Waals surface area contributed by atoms with Crippen LogP contribution in [0.4, 0.5) is 0 Å². The highest BCUT2D eigenvalue weighted by Gasteiger charge is 2.36. The van der Waals surface area contributed by atoms with Gasteiger partial charge >= 0.3 is 0 Å². The first-order chi connectivity index (χ1) is 8.17. The van der Waals surface area contributed by atoms with Crippen molar-refractivity contribution in [2.24, 2.45) is 11.1 Å². The number of nitrogens with two attached hydrogens (primary N) is 1. The van der Waals surface area contributed by atoms with Crippen molar-refractivity contribution in [1.29, 1.82) is 0 Å². The Bertz CT molecular complexity index is 238. The van der Waals surface area contributed by atoms with Gasteiger partial charge in [-0.25, -0.2) is 0 Å². The van der Waals surface area contributed by atoms with Gasteiger partial charge in [0.25, 0.3) is 0 Å². The molecule has 3 heteroatoms. The van der Waals surface area contributed by atoms with Gasteiger partial charge < -0.3 is 15.4 Å². The van der Waals surface area contributed by atoms with E-state index in [2.05, 4.69) is 18.9 Å². The van der Waals surface area contributed by atoms with Gasteiger partial charge in [0.2, 0.25) is 0 Å². The van der Waals surface area contributed by atoms with Crippen molar-refractivity contribution in [1.82, 2.24) is 4.90 Å². The summed E-state index contributed by atoms with van der Waals surface area (Å²) < 4.78 is 5.67. The molecule has 3 nitrogen and oxygen atoms in total. The van der Waals surface area contributed by atoms with E-state index in [0.717, 1.165) is 19.7 Å². The predicted octanol–water partition coefficient (Wildman–Crippen LogP) is 2.00. The molecule has 2 rings (SSSR count). The summed E-state index contributed by atoms with van der Waals surface area (Å²) in [6.07, 6.45) is 8.32. The minimum Gasteiger partial charge on any atom is -0.377 e. The van der Waals surface area contributed by atoms with Crippen molar-refractivity contribution < 1.29 is 4.74 Å². The third kappa shape index (κ3) is 3.01. The molecule has 2 fully saturated rings. The summed E-state index contributed by atoms with van der Waals surface area (Å²) >= 11 is 0. The molecule has 2 atom stereocenters. The average molecular weight is 240 g/mol. The number of ether oxygens (including phenoxy) is 1. The minimum atomic E-state index is 0.384. The minimum absolute atomic E-state index is 0.384. The van der Waals surface area contributed by atoms with E-state index < -0.39 is 0 Å². The second-order valence-corrected chi connectivity index (χ2v) is 6.11. The second-order valence-electron chi connectivity index (χ2n) is 6.11. The first kappa shape index (κ1) is 13.3. The van der Waals surface area contributed by atoms with Crippen LogP contribution in [-0.2, 0) is 4.74 Å². The SMILES string of the molecule is CC1OCCC1N(C)CC1(CN)CCCCC1. The van der Waals surface area contributed by atoms with Crippen LogP contribution < -0.4 is 5.73 Å². The molecular formula is C14H28N2O. The summed E-state index contributed by atoms with van der Waals surface area (Å²) in [5, 5.41) is 0. The van der Waals surface area contributed by atoms with Gasteiger partial charge in [-0.2, -0.15) is 0 Å². The Morgan fingerprint density at radius 1 is 1.29 bits per heavy atom. The van der Waals surface area contributed by atoms with E-state index in [1.165, 1.54) is 38.5 Å². The van der Waals surface area contributed by atoms with Gasteiger partial charge in [-0.3, -0.25) is 0 Å². The van der Waals surface area contributed by atoms with Gasteiger partial charge in [-0.05, 0) is 45.2 Å². The fourth-order valence-electron chi connectivity index (χ4n) is 3.67. The molecule has 0 aromatic rings. The molecule has 1 saturated heterocycles. The largest absolute Gasteiger partial charge is 0.377 e. The highest BCUT2D eigenvalue weighted by atomic mass is 16.5. The van der Waals surface area contributed by atoms with Crippen LogP contribution in [-0.4, -0.2) is 43.8 Å². The van der Waals surface area contributed by atoms with Gasteiger partial charge in [-0.15, -0.1) is 0 Å². The third-order valence-electron chi connectivity index (χ3n) is 4.83. The molecule has 17 heavy (non-hydrogen) atoms. The smallest absolute Gasteiger partial charge is 0.0702 e. The van der Waals surface area contributed by atoms with Crippen LogP contribution >= 0.6 is 0 Å². The molecular weight excluding hydrogens is 212 g/mol. The topological polar surface area (TPSA) is 38.5 Å².